The van der Waals surface area contributed by atoms with E-state index >= 15 is 0 Å². The summed E-state index contributed by atoms with van der Waals surface area (Å²) >= 11 is 0. The molecule has 0 saturated heterocycles. The van der Waals surface area contributed by atoms with Crippen molar-refractivity contribution in [1.82, 2.24) is 4.98 Å². The van der Waals surface area contributed by atoms with Crippen molar-refractivity contribution in [3.8, 4) is 0 Å². The minimum atomic E-state index is -4.37. The van der Waals surface area contributed by atoms with Crippen molar-refractivity contribution in [2.45, 2.75) is 44.8 Å². The molecule has 100 valence electrons. The number of halogens is 3. The quantitative estimate of drug-likeness (QED) is 0.879. The monoisotopic (exact) mass is 258 g/mol. The molecule has 1 saturated carbocycles. The Bertz CT molecular complexity index is 382. The molecule has 1 fully saturated rings. The summed E-state index contributed by atoms with van der Waals surface area (Å²) in [5, 5.41) is 3.19. The van der Waals surface area contributed by atoms with Gasteiger partial charge in [0.1, 0.15) is 5.69 Å². The predicted octanol–water partition coefficient (Wildman–Crippen LogP) is 4.09. The predicted molar refractivity (Wildman–Crippen MR) is 64.3 cm³/mol. The molecule has 2 nitrogen and oxygen atoms in total. The molecule has 1 heterocycles. The van der Waals surface area contributed by atoms with Crippen LogP contribution in [0.25, 0.3) is 0 Å². The highest BCUT2D eigenvalue weighted by molar-refractivity contribution is 5.42. The second-order valence-electron chi connectivity index (χ2n) is 5.01. The van der Waals surface area contributed by atoms with Crippen molar-refractivity contribution in [2.24, 2.45) is 5.92 Å². The van der Waals surface area contributed by atoms with Gasteiger partial charge in [0.15, 0.2) is 0 Å². The van der Waals surface area contributed by atoms with Gasteiger partial charge in [-0.2, -0.15) is 13.2 Å². The molecule has 0 bridgehead atoms. The Kier molecular flexibility index (Phi) is 3.78. The summed E-state index contributed by atoms with van der Waals surface area (Å²) in [7, 11) is 0. The van der Waals surface area contributed by atoms with Crippen molar-refractivity contribution in [3.05, 3.63) is 24.0 Å². The lowest BCUT2D eigenvalue weighted by molar-refractivity contribution is -0.141. The lowest BCUT2D eigenvalue weighted by Crippen LogP contribution is -2.23. The maximum Gasteiger partial charge on any atom is 0.433 e. The first kappa shape index (κ1) is 13.2. The smallest absolute Gasteiger partial charge is 0.381 e. The van der Waals surface area contributed by atoms with Crippen LogP contribution in [0, 0.1) is 5.92 Å². The number of pyridine rings is 1. The first-order valence-corrected chi connectivity index (χ1v) is 6.25. The van der Waals surface area contributed by atoms with E-state index in [1.807, 2.05) is 0 Å². The highest BCUT2D eigenvalue weighted by atomic mass is 19.4. The summed E-state index contributed by atoms with van der Waals surface area (Å²) in [5.74, 6) is 0.773. The highest BCUT2D eigenvalue weighted by Gasteiger charge is 2.32. The molecule has 0 aromatic carbocycles. The normalized spacial score (nSPS) is 18.2. The van der Waals surface area contributed by atoms with Crippen LogP contribution in [0.4, 0.5) is 18.9 Å². The van der Waals surface area contributed by atoms with Gasteiger partial charge in [0.25, 0.3) is 0 Å². The number of hydrogen-bond acceptors (Lipinski definition) is 2. The van der Waals surface area contributed by atoms with E-state index in [0.717, 1.165) is 18.4 Å². The number of rotatable bonds is 4. The molecule has 0 spiro atoms. The van der Waals surface area contributed by atoms with Crippen molar-refractivity contribution >= 4 is 5.69 Å². The van der Waals surface area contributed by atoms with Crippen LogP contribution in [0.2, 0.25) is 0 Å². The molecule has 1 atom stereocenters. The van der Waals surface area contributed by atoms with Gasteiger partial charge in [-0.1, -0.05) is 19.3 Å². The van der Waals surface area contributed by atoms with E-state index in [2.05, 4.69) is 17.2 Å². The van der Waals surface area contributed by atoms with Gasteiger partial charge in [-0.05, 0) is 31.4 Å². The first-order chi connectivity index (χ1) is 8.45. The first-order valence-electron chi connectivity index (χ1n) is 6.25. The fraction of sp³-hybridized carbons (Fsp3) is 0.615. The third-order valence-corrected chi connectivity index (χ3v) is 3.38. The van der Waals surface area contributed by atoms with Crippen LogP contribution in [0.1, 0.15) is 38.3 Å². The van der Waals surface area contributed by atoms with Crippen molar-refractivity contribution in [1.29, 1.82) is 0 Å². The van der Waals surface area contributed by atoms with Crippen LogP contribution in [0.5, 0.6) is 0 Å². The van der Waals surface area contributed by atoms with E-state index in [1.165, 1.54) is 31.5 Å². The average Bonchev–Trinajstić information content (AvgIpc) is 2.23. The average molecular weight is 258 g/mol. The van der Waals surface area contributed by atoms with Gasteiger partial charge in [-0.25, -0.2) is 4.98 Å². The Hall–Kier alpha value is -1.26. The van der Waals surface area contributed by atoms with Gasteiger partial charge in [-0.3, -0.25) is 0 Å². The van der Waals surface area contributed by atoms with Crippen molar-refractivity contribution < 1.29 is 13.2 Å². The van der Waals surface area contributed by atoms with Crippen molar-refractivity contribution in [3.63, 3.8) is 0 Å². The summed E-state index contributed by atoms with van der Waals surface area (Å²) in [6, 6.07) is 2.72. The Morgan fingerprint density at radius 3 is 2.56 bits per heavy atom. The third-order valence-electron chi connectivity index (χ3n) is 3.38. The van der Waals surface area contributed by atoms with Crippen LogP contribution < -0.4 is 5.32 Å². The van der Waals surface area contributed by atoms with E-state index in [0.29, 0.717) is 5.69 Å². The number of nitrogens with one attached hydrogen (secondary N) is 1. The summed E-state index contributed by atoms with van der Waals surface area (Å²) in [6.07, 6.45) is 1.81. The third kappa shape index (κ3) is 3.37. The van der Waals surface area contributed by atoms with Gasteiger partial charge in [0.2, 0.25) is 0 Å². The standard InChI is InChI=1S/C13H17F3N2/c1-9(7-10-3-2-4-10)18-11-5-6-12(17-8-11)13(14,15)16/h5-6,8-10,18H,2-4,7H2,1H3. The van der Waals surface area contributed by atoms with E-state index in [-0.39, 0.29) is 6.04 Å². The molecule has 1 aromatic rings. The van der Waals surface area contributed by atoms with Gasteiger partial charge >= 0.3 is 6.18 Å². The minimum Gasteiger partial charge on any atom is -0.381 e. The van der Waals surface area contributed by atoms with E-state index in [1.54, 1.807) is 0 Å². The van der Waals surface area contributed by atoms with E-state index in [9.17, 15) is 13.2 Å². The molecule has 1 unspecified atom stereocenters. The largest absolute Gasteiger partial charge is 0.433 e. The molecule has 0 amide bonds. The van der Waals surface area contributed by atoms with Gasteiger partial charge in [0, 0.05) is 6.04 Å². The summed E-state index contributed by atoms with van der Waals surface area (Å²) < 4.78 is 37.0. The van der Waals surface area contributed by atoms with Crippen LogP contribution in [-0.2, 0) is 6.18 Å². The Labute approximate surface area is 105 Å². The van der Waals surface area contributed by atoms with Gasteiger partial charge in [0.05, 0.1) is 11.9 Å². The summed E-state index contributed by atoms with van der Waals surface area (Å²) in [6.45, 7) is 2.05. The molecule has 0 radical (unpaired) electrons. The topological polar surface area (TPSA) is 24.9 Å². The Morgan fingerprint density at radius 1 is 1.39 bits per heavy atom. The van der Waals surface area contributed by atoms with Crippen LogP contribution in [0.15, 0.2) is 18.3 Å². The minimum absolute atomic E-state index is 0.272. The second kappa shape index (κ2) is 5.16. The van der Waals surface area contributed by atoms with Gasteiger partial charge in [-0.15, -0.1) is 0 Å². The SMILES string of the molecule is CC(CC1CCC1)Nc1ccc(C(F)(F)F)nc1. The Balaban J connectivity index is 1.89. The molecule has 1 N–H and O–H groups in total. The van der Waals surface area contributed by atoms with Crippen LogP contribution in [0.3, 0.4) is 0 Å². The van der Waals surface area contributed by atoms with Crippen LogP contribution >= 0.6 is 0 Å². The molecule has 1 aromatic heterocycles. The zero-order chi connectivity index (χ0) is 13.2. The molecule has 5 heteroatoms. The highest BCUT2D eigenvalue weighted by Crippen LogP contribution is 2.31. The number of anilines is 1. The molecule has 1 aliphatic carbocycles. The number of alkyl halides is 3. The number of nitrogens with zero attached hydrogens (tertiary/aromatic N) is 1. The molecular formula is C13H17F3N2. The zero-order valence-corrected chi connectivity index (χ0v) is 10.3. The van der Waals surface area contributed by atoms with E-state index < -0.39 is 11.9 Å². The number of aromatic nitrogens is 1. The molecule has 18 heavy (non-hydrogen) atoms. The lowest BCUT2D eigenvalue weighted by atomic mass is 9.81. The van der Waals surface area contributed by atoms with Crippen molar-refractivity contribution in [2.75, 3.05) is 5.32 Å². The second-order valence-corrected chi connectivity index (χ2v) is 5.01. The molecule has 1 aliphatic rings. The molecular weight excluding hydrogens is 241 g/mol. The fourth-order valence-electron chi connectivity index (χ4n) is 2.22. The van der Waals surface area contributed by atoms with Crippen LogP contribution in [-0.4, -0.2) is 11.0 Å². The summed E-state index contributed by atoms with van der Waals surface area (Å²) in [5.41, 5.74) is -0.200. The zero-order valence-electron chi connectivity index (χ0n) is 10.3. The lowest BCUT2D eigenvalue weighted by Gasteiger charge is -2.28. The maximum atomic E-state index is 12.3. The number of hydrogen-bond donors (Lipinski definition) is 1. The molecule has 2 rings (SSSR count). The summed E-state index contributed by atoms with van der Waals surface area (Å²) in [4.78, 5) is 3.43. The maximum absolute atomic E-state index is 12.3. The fourth-order valence-corrected chi connectivity index (χ4v) is 2.22. The van der Waals surface area contributed by atoms with Gasteiger partial charge < -0.3 is 5.32 Å². The van der Waals surface area contributed by atoms with E-state index in [4.69, 9.17) is 0 Å². The molecule has 0 aliphatic heterocycles. The Morgan fingerprint density at radius 2 is 2.11 bits per heavy atom.